The van der Waals surface area contributed by atoms with Crippen molar-refractivity contribution in [3.63, 3.8) is 0 Å². The largest absolute Gasteiger partial charge is 0.491 e. The first kappa shape index (κ1) is 14.9. The molecule has 4 heteroatoms. The molecule has 1 aromatic carbocycles. The van der Waals surface area contributed by atoms with Crippen LogP contribution < -0.4 is 4.74 Å². The summed E-state index contributed by atoms with van der Waals surface area (Å²) in [5.74, 6) is 0.579. The summed E-state index contributed by atoms with van der Waals surface area (Å²) in [6.07, 6.45) is 1.65. The zero-order valence-corrected chi connectivity index (χ0v) is 12.6. The minimum atomic E-state index is -0.508. The van der Waals surface area contributed by atoms with E-state index in [1.165, 1.54) is 7.11 Å². The van der Waals surface area contributed by atoms with E-state index in [0.29, 0.717) is 6.61 Å². The van der Waals surface area contributed by atoms with Gasteiger partial charge in [-0.2, -0.15) is 0 Å². The Balaban J connectivity index is 2.27. The van der Waals surface area contributed by atoms with E-state index in [4.69, 9.17) is 14.2 Å². The molecule has 110 valence electrons. The van der Waals surface area contributed by atoms with Crippen LogP contribution in [0.2, 0.25) is 0 Å². The summed E-state index contributed by atoms with van der Waals surface area (Å²) in [4.78, 5) is 12.1. The third kappa shape index (κ3) is 2.80. The van der Waals surface area contributed by atoms with Gasteiger partial charge in [0.05, 0.1) is 18.6 Å². The average molecular weight is 278 g/mol. The molecule has 1 saturated carbocycles. The van der Waals surface area contributed by atoms with Crippen molar-refractivity contribution in [3.05, 3.63) is 29.3 Å². The Morgan fingerprint density at radius 3 is 2.60 bits per heavy atom. The number of carbonyl (C=O) groups is 1. The molecule has 0 spiro atoms. The summed E-state index contributed by atoms with van der Waals surface area (Å²) < 4.78 is 16.0. The van der Waals surface area contributed by atoms with Gasteiger partial charge in [0.25, 0.3) is 0 Å². The molecule has 1 fully saturated rings. The molecule has 0 radical (unpaired) electrons. The zero-order chi connectivity index (χ0) is 14.8. The summed E-state index contributed by atoms with van der Waals surface area (Å²) >= 11 is 0. The van der Waals surface area contributed by atoms with E-state index in [0.717, 1.165) is 29.7 Å². The van der Waals surface area contributed by atoms with Crippen LogP contribution in [-0.4, -0.2) is 32.9 Å². The van der Waals surface area contributed by atoms with Crippen molar-refractivity contribution in [2.24, 2.45) is 0 Å². The Bertz CT molecular complexity index is 491. The molecule has 1 atom stereocenters. The van der Waals surface area contributed by atoms with Crippen LogP contribution in [0.1, 0.15) is 30.9 Å². The molecule has 0 aliphatic heterocycles. The van der Waals surface area contributed by atoms with Gasteiger partial charge >= 0.3 is 5.97 Å². The summed E-state index contributed by atoms with van der Waals surface area (Å²) in [6.45, 7) is 4.42. The van der Waals surface area contributed by atoms with Gasteiger partial charge in [-0.15, -0.1) is 0 Å². The Morgan fingerprint density at radius 2 is 2.05 bits per heavy atom. The number of methoxy groups -OCH3 is 2. The fourth-order valence-electron chi connectivity index (χ4n) is 2.32. The lowest BCUT2D eigenvalue weighted by Crippen LogP contribution is -2.24. The maximum atomic E-state index is 12.1. The number of hydrogen-bond donors (Lipinski definition) is 0. The van der Waals surface area contributed by atoms with Crippen LogP contribution in [0.4, 0.5) is 0 Å². The molecule has 1 aliphatic carbocycles. The molecule has 4 nitrogen and oxygen atoms in total. The van der Waals surface area contributed by atoms with Gasteiger partial charge < -0.3 is 14.2 Å². The van der Waals surface area contributed by atoms with Crippen LogP contribution in [0, 0.1) is 6.92 Å². The van der Waals surface area contributed by atoms with Gasteiger partial charge in [-0.05, 0) is 32.8 Å². The Kier molecular flexibility index (Phi) is 4.33. The van der Waals surface area contributed by atoms with Gasteiger partial charge in [0, 0.05) is 12.7 Å². The lowest BCUT2D eigenvalue weighted by Gasteiger charge is -2.20. The van der Waals surface area contributed by atoms with Crippen molar-refractivity contribution in [1.82, 2.24) is 0 Å². The Hall–Kier alpha value is -1.55. The molecule has 0 N–H and O–H groups in total. The first-order chi connectivity index (χ1) is 9.53. The highest BCUT2D eigenvalue weighted by atomic mass is 16.5. The fourth-order valence-corrected chi connectivity index (χ4v) is 2.32. The van der Waals surface area contributed by atoms with E-state index in [2.05, 4.69) is 0 Å². The van der Waals surface area contributed by atoms with E-state index in [1.54, 1.807) is 7.11 Å². The quantitative estimate of drug-likeness (QED) is 0.750. The van der Waals surface area contributed by atoms with E-state index >= 15 is 0 Å². The molecule has 0 heterocycles. The zero-order valence-electron chi connectivity index (χ0n) is 12.6. The predicted octanol–water partition coefficient (Wildman–Crippen LogP) is 2.61. The molecular weight excluding hydrogens is 256 g/mol. The summed E-state index contributed by atoms with van der Waals surface area (Å²) in [7, 11) is 3.09. The summed E-state index contributed by atoms with van der Waals surface area (Å²) in [5.41, 5.74) is 1.54. The van der Waals surface area contributed by atoms with Crippen LogP contribution in [0.5, 0.6) is 5.75 Å². The van der Waals surface area contributed by atoms with E-state index in [9.17, 15) is 4.79 Å². The van der Waals surface area contributed by atoms with Crippen molar-refractivity contribution in [2.75, 3.05) is 20.8 Å². The molecule has 0 aromatic heterocycles. The lowest BCUT2D eigenvalue weighted by molar-refractivity contribution is -0.143. The van der Waals surface area contributed by atoms with Gasteiger partial charge in [0.15, 0.2) is 0 Å². The fraction of sp³-hybridized carbons (Fsp3) is 0.562. The van der Waals surface area contributed by atoms with Crippen molar-refractivity contribution < 1.29 is 19.0 Å². The number of esters is 1. The second-order valence-electron chi connectivity index (χ2n) is 5.43. The third-order valence-corrected chi connectivity index (χ3v) is 3.85. The first-order valence-electron chi connectivity index (χ1n) is 6.88. The average Bonchev–Trinajstić information content (AvgIpc) is 3.26. The molecule has 0 bridgehead atoms. The van der Waals surface area contributed by atoms with Crippen LogP contribution in [0.3, 0.4) is 0 Å². The first-order valence-corrected chi connectivity index (χ1v) is 6.88. The number of rotatable bonds is 6. The number of aryl methyl sites for hydroxylation is 1. The van der Waals surface area contributed by atoms with Crippen LogP contribution >= 0.6 is 0 Å². The second kappa shape index (κ2) is 5.83. The van der Waals surface area contributed by atoms with Gasteiger partial charge in [-0.25, -0.2) is 0 Å². The predicted molar refractivity (Wildman–Crippen MR) is 76.1 cm³/mol. The summed E-state index contributed by atoms with van der Waals surface area (Å²) in [5, 5.41) is 0. The SMILES string of the molecule is COC(=O)C1(c2cc(C)ccc2OC[C@@H](C)OC)CC1. The standard InChI is InChI=1S/C16H22O4/c1-11-5-6-14(20-10-12(2)18-3)13(9-11)16(7-8-16)15(17)19-4/h5-6,9,12H,7-8,10H2,1-4H3/t12-/m1/s1. The van der Waals surface area contributed by atoms with Crippen molar-refractivity contribution >= 4 is 5.97 Å². The highest BCUT2D eigenvalue weighted by Gasteiger charge is 2.54. The Labute approximate surface area is 120 Å². The molecule has 0 amide bonds. The highest BCUT2D eigenvalue weighted by Crippen LogP contribution is 2.52. The van der Waals surface area contributed by atoms with Crippen LogP contribution in [0.25, 0.3) is 0 Å². The lowest BCUT2D eigenvalue weighted by atomic mass is 9.93. The van der Waals surface area contributed by atoms with Gasteiger partial charge in [0.1, 0.15) is 12.4 Å². The smallest absolute Gasteiger partial charge is 0.316 e. The molecule has 0 saturated heterocycles. The molecule has 1 aliphatic rings. The number of benzene rings is 1. The van der Waals surface area contributed by atoms with E-state index in [1.807, 2.05) is 32.0 Å². The Morgan fingerprint density at radius 1 is 1.35 bits per heavy atom. The molecular formula is C16H22O4. The second-order valence-corrected chi connectivity index (χ2v) is 5.43. The topological polar surface area (TPSA) is 44.8 Å². The van der Waals surface area contributed by atoms with Crippen molar-refractivity contribution in [3.8, 4) is 5.75 Å². The molecule has 0 unspecified atom stereocenters. The van der Waals surface area contributed by atoms with Crippen molar-refractivity contribution in [1.29, 1.82) is 0 Å². The van der Waals surface area contributed by atoms with Crippen molar-refractivity contribution in [2.45, 2.75) is 38.2 Å². The third-order valence-electron chi connectivity index (χ3n) is 3.85. The normalized spacial score (nSPS) is 17.4. The van der Waals surface area contributed by atoms with Gasteiger partial charge in [0.2, 0.25) is 0 Å². The maximum absolute atomic E-state index is 12.1. The minimum Gasteiger partial charge on any atom is -0.491 e. The van der Waals surface area contributed by atoms with E-state index in [-0.39, 0.29) is 12.1 Å². The van der Waals surface area contributed by atoms with Crippen LogP contribution in [0.15, 0.2) is 18.2 Å². The summed E-state index contributed by atoms with van der Waals surface area (Å²) in [6, 6.07) is 5.94. The molecule has 20 heavy (non-hydrogen) atoms. The highest BCUT2D eigenvalue weighted by molar-refractivity contribution is 5.87. The number of carbonyl (C=O) groups excluding carboxylic acids is 1. The maximum Gasteiger partial charge on any atom is 0.316 e. The monoisotopic (exact) mass is 278 g/mol. The van der Waals surface area contributed by atoms with E-state index < -0.39 is 5.41 Å². The molecule has 2 rings (SSSR count). The van der Waals surface area contributed by atoms with Gasteiger partial charge in [-0.3, -0.25) is 4.79 Å². The number of hydrogen-bond acceptors (Lipinski definition) is 4. The van der Waals surface area contributed by atoms with Gasteiger partial charge in [-0.1, -0.05) is 17.7 Å². The minimum absolute atomic E-state index is 0.0115. The van der Waals surface area contributed by atoms with Crippen LogP contribution in [-0.2, 0) is 19.7 Å². The molecule has 1 aromatic rings. The number of ether oxygens (including phenoxy) is 3.